The molecule has 1 aromatic heterocycles. The molecule has 0 saturated carbocycles. The van der Waals surface area contributed by atoms with Gasteiger partial charge >= 0.3 is 18.4 Å². The lowest BCUT2D eigenvalue weighted by molar-refractivity contribution is -0.143. The first-order valence-electron chi connectivity index (χ1n) is 12.1. The average Bonchev–Trinajstić information content (AvgIpc) is 3.15. The number of nitrogens with zero attached hydrogens (tertiary/aromatic N) is 3. The molecular weight excluding hydrogens is 547 g/mol. The highest BCUT2D eigenvalue weighted by Crippen LogP contribution is 2.42. The van der Waals surface area contributed by atoms with E-state index in [0.717, 1.165) is 4.90 Å². The summed E-state index contributed by atoms with van der Waals surface area (Å²) in [6.45, 7) is 4.79. The maximum atomic E-state index is 14.6. The minimum absolute atomic E-state index is 0.00996. The summed E-state index contributed by atoms with van der Waals surface area (Å²) in [7, 11) is 1.35. The number of alkyl halides is 6. The van der Waals surface area contributed by atoms with Crippen LogP contribution in [0, 0.1) is 5.82 Å². The average molecular weight is 571 g/mol. The Balaban J connectivity index is 1.72. The quantitative estimate of drug-likeness (QED) is 0.286. The van der Waals surface area contributed by atoms with Crippen LogP contribution < -0.4 is 4.74 Å². The lowest BCUT2D eigenvalue weighted by Gasteiger charge is -2.23. The summed E-state index contributed by atoms with van der Waals surface area (Å²) in [6, 6.07) is 2.87. The van der Waals surface area contributed by atoms with Gasteiger partial charge in [0, 0.05) is 24.0 Å². The van der Waals surface area contributed by atoms with Crippen LogP contribution in [0.1, 0.15) is 60.7 Å². The number of carbonyl (C=O) groups excluding carboxylic acids is 1. The Morgan fingerprint density at radius 2 is 1.57 bits per heavy atom. The first-order chi connectivity index (χ1) is 18.6. The fraction of sp³-hybridized carbons (Fsp3) is 0.370. The van der Waals surface area contributed by atoms with Crippen LogP contribution >= 0.6 is 0 Å². The fourth-order valence-electron chi connectivity index (χ4n) is 4.54. The third-order valence-electron chi connectivity index (χ3n) is 6.62. The zero-order valence-electron chi connectivity index (χ0n) is 21.7. The first-order valence-corrected chi connectivity index (χ1v) is 12.1. The summed E-state index contributed by atoms with van der Waals surface area (Å²) < 4.78 is 106. The van der Waals surface area contributed by atoms with E-state index in [-0.39, 0.29) is 35.7 Å². The van der Waals surface area contributed by atoms with E-state index in [1.807, 2.05) is 0 Å². The minimum Gasteiger partial charge on any atom is -0.496 e. The Kier molecular flexibility index (Phi) is 7.70. The van der Waals surface area contributed by atoms with Crippen molar-refractivity contribution in [2.24, 2.45) is 0 Å². The maximum absolute atomic E-state index is 14.6. The van der Waals surface area contributed by atoms with E-state index >= 15 is 0 Å². The second-order valence-corrected chi connectivity index (χ2v) is 9.59. The Labute approximate surface area is 224 Å². The number of aromatic nitrogens is 2. The van der Waals surface area contributed by atoms with Gasteiger partial charge in [-0.15, -0.1) is 0 Å². The Hall–Kier alpha value is -3.90. The number of benzene rings is 2. The van der Waals surface area contributed by atoms with Crippen molar-refractivity contribution in [3.63, 3.8) is 0 Å². The van der Waals surface area contributed by atoms with Crippen LogP contribution in [0.2, 0.25) is 0 Å². The van der Waals surface area contributed by atoms with Crippen LogP contribution in [0.4, 0.5) is 35.5 Å². The molecule has 0 N–H and O–H groups in total. The Bertz CT molecular complexity index is 1390. The summed E-state index contributed by atoms with van der Waals surface area (Å²) >= 11 is 0. The van der Waals surface area contributed by atoms with Gasteiger partial charge in [-0.05, 0) is 48.2 Å². The molecule has 1 aliphatic rings. The maximum Gasteiger partial charge on any atom is 0.416 e. The molecule has 1 aliphatic heterocycles. The molecule has 13 heteroatoms. The van der Waals surface area contributed by atoms with Gasteiger partial charge in [0.2, 0.25) is 0 Å². The molecule has 0 unspecified atom stereocenters. The zero-order chi connectivity index (χ0) is 29.6. The highest BCUT2D eigenvalue weighted by molar-refractivity contribution is 5.73. The molecule has 1 amide bonds. The summed E-state index contributed by atoms with van der Waals surface area (Å²) in [6.07, 6.45) is -9.77. The second-order valence-electron chi connectivity index (χ2n) is 9.59. The monoisotopic (exact) mass is 571 g/mol. The van der Waals surface area contributed by atoms with Crippen molar-refractivity contribution in [2.75, 3.05) is 7.11 Å². The molecule has 6 nitrogen and oxygen atoms in total. The predicted octanol–water partition coefficient (Wildman–Crippen LogP) is 7.53. The van der Waals surface area contributed by atoms with E-state index in [0.29, 0.717) is 23.3 Å². The zero-order valence-corrected chi connectivity index (χ0v) is 21.7. The Morgan fingerprint density at radius 1 is 0.975 bits per heavy atom. The summed E-state index contributed by atoms with van der Waals surface area (Å²) in [5, 5.41) is 0. The number of halogens is 7. The van der Waals surface area contributed by atoms with E-state index in [4.69, 9.17) is 9.47 Å². The van der Waals surface area contributed by atoms with Gasteiger partial charge in [0.25, 0.3) is 0 Å². The molecule has 1 fully saturated rings. The largest absolute Gasteiger partial charge is 0.496 e. The molecule has 0 spiro atoms. The number of hydrogen-bond acceptors (Lipinski definition) is 5. The van der Waals surface area contributed by atoms with Crippen molar-refractivity contribution in [3.05, 3.63) is 76.5 Å². The van der Waals surface area contributed by atoms with Crippen LogP contribution in [-0.4, -0.2) is 34.1 Å². The molecule has 0 bridgehead atoms. The van der Waals surface area contributed by atoms with Crippen LogP contribution in [0.15, 0.2) is 42.7 Å². The van der Waals surface area contributed by atoms with Crippen molar-refractivity contribution in [2.45, 2.75) is 57.7 Å². The van der Waals surface area contributed by atoms with Crippen LogP contribution in [-0.2, 0) is 23.6 Å². The van der Waals surface area contributed by atoms with E-state index in [9.17, 15) is 35.5 Å². The normalized spacial score (nSPS) is 17.9. The number of methoxy groups -OCH3 is 1. The van der Waals surface area contributed by atoms with Crippen molar-refractivity contribution in [1.82, 2.24) is 14.9 Å². The van der Waals surface area contributed by atoms with Gasteiger partial charge < -0.3 is 9.47 Å². The number of cyclic esters (lactones) is 1. The lowest BCUT2D eigenvalue weighted by Crippen LogP contribution is -2.32. The molecule has 0 aliphatic carbocycles. The standard InChI is InChI=1S/C27H24F7N3O3/c1-13(2)18-10-19(22(39-4)11-20(18)28)23-21(35-5-6-36-23)12-37-14(3)24(40-25(37)38)15-7-16(26(29,30)31)9-17(8-15)27(32,33)34/h5-11,13-14,24H,12H2,1-4H3/t14-,24-/m0/s1. The minimum atomic E-state index is -5.06. The summed E-state index contributed by atoms with van der Waals surface area (Å²) in [5.41, 5.74) is -2.23. The first kappa shape index (κ1) is 29.1. The topological polar surface area (TPSA) is 64.6 Å². The number of ether oxygens (including phenoxy) is 2. The molecule has 1 saturated heterocycles. The molecule has 3 aromatic rings. The predicted molar refractivity (Wildman–Crippen MR) is 129 cm³/mol. The van der Waals surface area contributed by atoms with E-state index in [1.54, 1.807) is 19.9 Å². The van der Waals surface area contributed by atoms with Crippen molar-refractivity contribution in [1.29, 1.82) is 0 Å². The molecule has 2 atom stereocenters. The van der Waals surface area contributed by atoms with Crippen molar-refractivity contribution < 1.29 is 45.0 Å². The summed E-state index contributed by atoms with van der Waals surface area (Å²) in [4.78, 5) is 22.6. The lowest BCUT2D eigenvalue weighted by atomic mass is 9.96. The fourth-order valence-corrected chi connectivity index (χ4v) is 4.54. The van der Waals surface area contributed by atoms with Gasteiger partial charge in [0.1, 0.15) is 17.7 Å². The third kappa shape index (κ3) is 5.68. The van der Waals surface area contributed by atoms with E-state index in [2.05, 4.69) is 9.97 Å². The molecule has 2 heterocycles. The van der Waals surface area contributed by atoms with E-state index in [1.165, 1.54) is 32.5 Å². The van der Waals surface area contributed by atoms with Crippen LogP contribution in [0.5, 0.6) is 5.75 Å². The molecule has 4 rings (SSSR count). The molecule has 2 aromatic carbocycles. The number of carbonyl (C=O) groups is 1. The second kappa shape index (κ2) is 10.6. The number of hydrogen-bond donors (Lipinski definition) is 0. The number of amides is 1. The molecule has 0 radical (unpaired) electrons. The highest BCUT2D eigenvalue weighted by atomic mass is 19.4. The molecular formula is C27H24F7N3O3. The molecule has 214 valence electrons. The van der Waals surface area contributed by atoms with Gasteiger partial charge in [-0.2, -0.15) is 26.3 Å². The van der Waals surface area contributed by atoms with E-state index < -0.39 is 53.1 Å². The van der Waals surface area contributed by atoms with Crippen molar-refractivity contribution >= 4 is 6.09 Å². The number of rotatable bonds is 6. The van der Waals surface area contributed by atoms with Gasteiger partial charge in [-0.3, -0.25) is 14.9 Å². The van der Waals surface area contributed by atoms with Gasteiger partial charge in [-0.1, -0.05) is 13.8 Å². The van der Waals surface area contributed by atoms with Gasteiger partial charge in [0.05, 0.1) is 42.2 Å². The highest BCUT2D eigenvalue weighted by Gasteiger charge is 2.43. The van der Waals surface area contributed by atoms with Crippen LogP contribution in [0.25, 0.3) is 11.3 Å². The smallest absolute Gasteiger partial charge is 0.416 e. The van der Waals surface area contributed by atoms with Crippen LogP contribution in [0.3, 0.4) is 0 Å². The Morgan fingerprint density at radius 3 is 2.12 bits per heavy atom. The third-order valence-corrected chi connectivity index (χ3v) is 6.62. The van der Waals surface area contributed by atoms with Gasteiger partial charge in [0.15, 0.2) is 0 Å². The SMILES string of the molecule is COc1cc(F)c(C(C)C)cc1-c1nccnc1CN1C(=O)O[C@H](c2cc(C(F)(F)F)cc(C(F)(F)F)c2)[C@@H]1C. The summed E-state index contributed by atoms with van der Waals surface area (Å²) in [5.74, 6) is -0.518. The molecule has 40 heavy (non-hydrogen) atoms. The van der Waals surface area contributed by atoms with Crippen molar-refractivity contribution in [3.8, 4) is 17.0 Å². The van der Waals surface area contributed by atoms with Gasteiger partial charge in [-0.25, -0.2) is 9.18 Å².